The molecule has 1 saturated carbocycles. The van der Waals surface area contributed by atoms with Crippen LogP contribution in [0.2, 0.25) is 0 Å². The van der Waals surface area contributed by atoms with Gasteiger partial charge in [0.2, 0.25) is 0 Å². The summed E-state index contributed by atoms with van der Waals surface area (Å²) in [4.78, 5) is 16.1. The van der Waals surface area contributed by atoms with Crippen LogP contribution in [-0.4, -0.2) is 16.9 Å². The molecule has 1 aliphatic carbocycles. The van der Waals surface area contributed by atoms with E-state index >= 15 is 0 Å². The summed E-state index contributed by atoms with van der Waals surface area (Å²) in [7, 11) is 0. The van der Waals surface area contributed by atoms with Crippen molar-refractivity contribution in [1.29, 1.82) is 0 Å². The van der Waals surface area contributed by atoms with Crippen LogP contribution in [-0.2, 0) is 6.54 Å². The molecule has 1 aliphatic rings. The van der Waals surface area contributed by atoms with Gasteiger partial charge >= 0.3 is 0 Å². The van der Waals surface area contributed by atoms with Crippen LogP contribution in [0.4, 0.5) is 10.2 Å². The van der Waals surface area contributed by atoms with Crippen molar-refractivity contribution in [3.8, 4) is 0 Å². The molecule has 1 fully saturated rings. The molecule has 114 valence electrons. The van der Waals surface area contributed by atoms with Gasteiger partial charge < -0.3 is 10.6 Å². The van der Waals surface area contributed by atoms with Crippen molar-refractivity contribution in [2.24, 2.45) is 0 Å². The Labute approximate surface area is 128 Å². The number of pyridine rings is 1. The van der Waals surface area contributed by atoms with Crippen LogP contribution in [0.25, 0.3) is 0 Å². The van der Waals surface area contributed by atoms with E-state index in [4.69, 9.17) is 0 Å². The second-order valence-corrected chi connectivity index (χ2v) is 5.56. The molecule has 5 heteroatoms. The van der Waals surface area contributed by atoms with Crippen LogP contribution in [0.5, 0.6) is 0 Å². The van der Waals surface area contributed by atoms with Crippen LogP contribution in [0, 0.1) is 12.7 Å². The minimum Gasteiger partial charge on any atom is -0.366 e. The number of amides is 1. The molecular weight excluding hydrogens is 281 g/mol. The minimum absolute atomic E-state index is 0.0810. The van der Waals surface area contributed by atoms with Crippen molar-refractivity contribution in [2.45, 2.75) is 32.4 Å². The first kappa shape index (κ1) is 14.5. The zero-order chi connectivity index (χ0) is 15.5. The molecule has 0 atom stereocenters. The molecule has 2 N–H and O–H groups in total. The lowest BCUT2D eigenvalue weighted by Gasteiger charge is -2.09. The predicted octanol–water partition coefficient (Wildman–Crippen LogP) is 3.03. The smallest absolute Gasteiger partial charge is 0.253 e. The number of benzene rings is 1. The highest BCUT2D eigenvalue weighted by Gasteiger charge is 2.23. The molecule has 1 amide bonds. The van der Waals surface area contributed by atoms with Gasteiger partial charge in [0.1, 0.15) is 11.6 Å². The van der Waals surface area contributed by atoms with Crippen molar-refractivity contribution in [1.82, 2.24) is 10.3 Å². The summed E-state index contributed by atoms with van der Waals surface area (Å²) in [6.07, 6.45) is 3.68. The Hall–Kier alpha value is -2.43. The van der Waals surface area contributed by atoms with Crippen molar-refractivity contribution < 1.29 is 9.18 Å². The molecule has 0 saturated heterocycles. The Morgan fingerprint density at radius 3 is 2.82 bits per heavy atom. The Bertz CT molecular complexity index is 681. The Morgan fingerprint density at radius 2 is 2.14 bits per heavy atom. The molecule has 4 nitrogen and oxygen atoms in total. The number of carbonyl (C=O) groups is 1. The third kappa shape index (κ3) is 3.42. The van der Waals surface area contributed by atoms with E-state index in [0.717, 1.165) is 18.4 Å². The van der Waals surface area contributed by atoms with E-state index in [1.54, 1.807) is 31.3 Å². The van der Waals surface area contributed by atoms with Gasteiger partial charge in [-0.05, 0) is 49.1 Å². The number of hydrogen-bond acceptors (Lipinski definition) is 3. The summed E-state index contributed by atoms with van der Waals surface area (Å²) in [6, 6.07) is 8.86. The van der Waals surface area contributed by atoms with E-state index < -0.39 is 0 Å². The highest BCUT2D eigenvalue weighted by Crippen LogP contribution is 2.19. The number of nitrogens with one attached hydrogen (secondary N) is 2. The number of hydrogen-bond donors (Lipinski definition) is 2. The molecule has 0 radical (unpaired) electrons. The normalized spacial score (nSPS) is 13.7. The number of nitrogens with zero attached hydrogens (tertiary/aromatic N) is 1. The SMILES string of the molecule is Cc1c(F)cccc1CNc1ccc(C(=O)NC2CC2)cn1. The minimum atomic E-state index is -0.209. The highest BCUT2D eigenvalue weighted by molar-refractivity contribution is 5.94. The second-order valence-electron chi connectivity index (χ2n) is 5.56. The first-order valence-electron chi connectivity index (χ1n) is 7.38. The lowest BCUT2D eigenvalue weighted by molar-refractivity contribution is 0.0951. The maximum Gasteiger partial charge on any atom is 0.253 e. The van der Waals surface area contributed by atoms with Crippen LogP contribution in [0.3, 0.4) is 0 Å². The van der Waals surface area contributed by atoms with Gasteiger partial charge in [0.25, 0.3) is 5.91 Å². The van der Waals surface area contributed by atoms with Gasteiger partial charge in [-0.15, -0.1) is 0 Å². The average molecular weight is 299 g/mol. The van der Waals surface area contributed by atoms with E-state index in [1.807, 2.05) is 6.07 Å². The van der Waals surface area contributed by atoms with Gasteiger partial charge in [-0.3, -0.25) is 4.79 Å². The molecule has 0 bridgehead atoms. The number of aromatic nitrogens is 1. The van der Waals surface area contributed by atoms with Gasteiger partial charge in [0.15, 0.2) is 0 Å². The molecule has 0 unspecified atom stereocenters. The number of anilines is 1. The zero-order valence-electron chi connectivity index (χ0n) is 12.4. The number of carbonyl (C=O) groups excluding carboxylic acids is 1. The summed E-state index contributed by atoms with van der Waals surface area (Å²) >= 11 is 0. The topological polar surface area (TPSA) is 54.0 Å². The molecule has 0 spiro atoms. The molecular formula is C17H18FN3O. The Morgan fingerprint density at radius 1 is 1.32 bits per heavy atom. The van der Waals surface area contributed by atoms with Crippen molar-refractivity contribution in [2.75, 3.05) is 5.32 Å². The quantitative estimate of drug-likeness (QED) is 0.892. The summed E-state index contributed by atoms with van der Waals surface area (Å²) in [5.74, 6) is 0.369. The van der Waals surface area contributed by atoms with E-state index in [2.05, 4.69) is 15.6 Å². The fraction of sp³-hybridized carbons (Fsp3) is 0.294. The van der Waals surface area contributed by atoms with Gasteiger partial charge in [-0.1, -0.05) is 12.1 Å². The maximum absolute atomic E-state index is 13.5. The Kier molecular flexibility index (Phi) is 4.04. The van der Waals surface area contributed by atoms with Crippen LogP contribution >= 0.6 is 0 Å². The van der Waals surface area contributed by atoms with Gasteiger partial charge in [-0.2, -0.15) is 0 Å². The lowest BCUT2D eigenvalue weighted by Crippen LogP contribution is -2.25. The molecule has 1 aromatic carbocycles. The van der Waals surface area contributed by atoms with Crippen molar-refractivity contribution >= 4 is 11.7 Å². The molecule has 2 aromatic rings. The van der Waals surface area contributed by atoms with E-state index in [9.17, 15) is 9.18 Å². The summed E-state index contributed by atoms with van der Waals surface area (Å²) in [6.45, 7) is 2.25. The molecule has 1 heterocycles. The summed E-state index contributed by atoms with van der Waals surface area (Å²) < 4.78 is 13.5. The number of rotatable bonds is 5. The molecule has 22 heavy (non-hydrogen) atoms. The van der Waals surface area contributed by atoms with Crippen LogP contribution in [0.1, 0.15) is 34.3 Å². The first-order chi connectivity index (χ1) is 10.6. The maximum atomic E-state index is 13.5. The monoisotopic (exact) mass is 299 g/mol. The predicted molar refractivity (Wildman–Crippen MR) is 83.2 cm³/mol. The third-order valence-electron chi connectivity index (χ3n) is 3.78. The van der Waals surface area contributed by atoms with Crippen LogP contribution < -0.4 is 10.6 Å². The van der Waals surface area contributed by atoms with E-state index in [-0.39, 0.29) is 11.7 Å². The zero-order valence-corrected chi connectivity index (χ0v) is 12.4. The average Bonchev–Trinajstić information content (AvgIpc) is 3.33. The largest absolute Gasteiger partial charge is 0.366 e. The summed E-state index contributed by atoms with van der Waals surface area (Å²) in [5.41, 5.74) is 2.08. The second kappa shape index (κ2) is 6.13. The van der Waals surface area contributed by atoms with Crippen molar-refractivity contribution in [3.63, 3.8) is 0 Å². The summed E-state index contributed by atoms with van der Waals surface area (Å²) in [5, 5.41) is 6.06. The van der Waals surface area contributed by atoms with Gasteiger partial charge in [0.05, 0.1) is 5.56 Å². The Balaban J connectivity index is 1.61. The van der Waals surface area contributed by atoms with E-state index in [0.29, 0.717) is 29.5 Å². The fourth-order valence-corrected chi connectivity index (χ4v) is 2.16. The van der Waals surface area contributed by atoms with Gasteiger partial charge in [0, 0.05) is 18.8 Å². The first-order valence-corrected chi connectivity index (χ1v) is 7.38. The van der Waals surface area contributed by atoms with Crippen LogP contribution in [0.15, 0.2) is 36.5 Å². The van der Waals surface area contributed by atoms with E-state index in [1.165, 1.54) is 6.07 Å². The molecule has 1 aromatic heterocycles. The number of halogens is 1. The standard InChI is InChI=1S/C17H18FN3O/c1-11-12(3-2-4-15(11)18)9-19-16-8-5-13(10-20-16)17(22)21-14-6-7-14/h2-5,8,10,14H,6-7,9H2,1H3,(H,19,20)(H,21,22). The van der Waals surface area contributed by atoms with Gasteiger partial charge in [-0.25, -0.2) is 9.37 Å². The third-order valence-corrected chi connectivity index (χ3v) is 3.78. The molecule has 0 aliphatic heterocycles. The fourth-order valence-electron chi connectivity index (χ4n) is 2.16. The molecule has 3 rings (SSSR count). The highest BCUT2D eigenvalue weighted by atomic mass is 19.1. The van der Waals surface area contributed by atoms with Crippen molar-refractivity contribution in [3.05, 3.63) is 59.0 Å². The lowest BCUT2D eigenvalue weighted by atomic mass is 10.1.